The lowest BCUT2D eigenvalue weighted by molar-refractivity contribution is 0.306. The van der Waals surface area contributed by atoms with Gasteiger partial charge in [-0.2, -0.15) is 5.11 Å². The number of hydrogen-bond acceptors (Lipinski definition) is 5. The van der Waals surface area contributed by atoms with Crippen LogP contribution in [0, 0.1) is 11.8 Å². The second-order valence-corrected chi connectivity index (χ2v) is 8.65. The molecule has 0 radical (unpaired) electrons. The molecule has 2 heterocycles. The molecule has 0 N–H and O–H groups in total. The lowest BCUT2D eigenvalue weighted by Crippen LogP contribution is -2.07. The molecule has 0 saturated heterocycles. The van der Waals surface area contributed by atoms with Crippen molar-refractivity contribution in [2.24, 2.45) is 15.4 Å². The summed E-state index contributed by atoms with van der Waals surface area (Å²) in [5.74, 6) is 7.79. The molecule has 2 aromatic carbocycles. The summed E-state index contributed by atoms with van der Waals surface area (Å²) in [7, 11) is 0. The highest BCUT2D eigenvalue weighted by molar-refractivity contribution is 7.17. The van der Waals surface area contributed by atoms with Crippen molar-refractivity contribution in [2.45, 2.75) is 45.6 Å². The first-order chi connectivity index (χ1) is 14.6. The van der Waals surface area contributed by atoms with Crippen LogP contribution in [0.1, 0.15) is 55.7 Å². The second-order valence-electron chi connectivity index (χ2n) is 7.74. The average Bonchev–Trinajstić information content (AvgIpc) is 3.42. The fourth-order valence-corrected chi connectivity index (χ4v) is 4.71. The maximum Gasteiger partial charge on any atom is 0.119 e. The largest absolute Gasteiger partial charge is 0.489 e. The van der Waals surface area contributed by atoms with Gasteiger partial charge in [0.25, 0.3) is 0 Å². The summed E-state index contributed by atoms with van der Waals surface area (Å²) in [5.41, 5.74) is 4.74. The van der Waals surface area contributed by atoms with E-state index in [4.69, 9.17) is 4.74 Å². The molecule has 30 heavy (non-hydrogen) atoms. The van der Waals surface area contributed by atoms with Gasteiger partial charge in [0.1, 0.15) is 18.9 Å². The van der Waals surface area contributed by atoms with Gasteiger partial charge in [0.15, 0.2) is 0 Å². The maximum absolute atomic E-state index is 6.06. The smallest absolute Gasteiger partial charge is 0.119 e. The second kappa shape index (κ2) is 9.23. The summed E-state index contributed by atoms with van der Waals surface area (Å²) in [5, 5.41) is 15.3. The monoisotopic (exact) mass is 415 g/mol. The van der Waals surface area contributed by atoms with Crippen molar-refractivity contribution in [3.8, 4) is 17.6 Å². The van der Waals surface area contributed by atoms with E-state index in [-0.39, 0.29) is 5.92 Å². The van der Waals surface area contributed by atoms with E-state index < -0.39 is 0 Å². The Balaban J connectivity index is 1.43. The first-order valence-electron chi connectivity index (χ1n) is 10.2. The first kappa shape index (κ1) is 20.3. The topological polar surface area (TPSA) is 46.3 Å². The van der Waals surface area contributed by atoms with E-state index in [1.165, 1.54) is 21.2 Å². The molecule has 4 rings (SSSR count). The molecule has 0 fully saturated rings. The summed E-state index contributed by atoms with van der Waals surface area (Å²) < 4.78 is 7.40. The third kappa shape index (κ3) is 4.60. The van der Waals surface area contributed by atoms with Gasteiger partial charge in [-0.05, 0) is 69.8 Å². The molecular weight excluding hydrogens is 390 g/mol. The van der Waals surface area contributed by atoms with Crippen molar-refractivity contribution in [3.63, 3.8) is 0 Å². The van der Waals surface area contributed by atoms with Crippen LogP contribution in [0.5, 0.6) is 5.75 Å². The fraction of sp³-hybridized carbons (Fsp3) is 0.320. The van der Waals surface area contributed by atoms with Gasteiger partial charge in [-0.1, -0.05) is 38.0 Å². The minimum absolute atomic E-state index is 0.0988. The van der Waals surface area contributed by atoms with Crippen LogP contribution in [0.2, 0.25) is 0 Å². The minimum atomic E-state index is 0.0988. The van der Waals surface area contributed by atoms with Crippen molar-refractivity contribution in [1.29, 1.82) is 0 Å². The van der Waals surface area contributed by atoms with Gasteiger partial charge in [0.05, 0.1) is 11.6 Å². The van der Waals surface area contributed by atoms with Crippen molar-refractivity contribution in [1.82, 2.24) is 0 Å². The van der Waals surface area contributed by atoms with Crippen molar-refractivity contribution >= 4 is 27.1 Å². The van der Waals surface area contributed by atoms with E-state index in [1.807, 2.05) is 30.4 Å². The zero-order valence-corrected chi connectivity index (χ0v) is 18.4. The Morgan fingerprint density at radius 2 is 1.97 bits per heavy atom. The molecule has 1 atom stereocenters. The molecule has 1 aromatic heterocycles. The van der Waals surface area contributed by atoms with E-state index in [2.05, 4.69) is 76.8 Å². The number of fused-ring (bicyclic) bond motifs is 1. The zero-order chi connectivity index (χ0) is 20.9. The third-order valence-electron chi connectivity index (χ3n) is 5.24. The molecule has 0 spiro atoms. The SMILES string of the molecule is CC#C[C@@H](CC1=NN=NC1)c1ccc(OCc2ccc3scc(C(C)C)c3c2)cc1. The van der Waals surface area contributed by atoms with Gasteiger partial charge in [-0.15, -0.1) is 22.4 Å². The van der Waals surface area contributed by atoms with E-state index in [0.29, 0.717) is 19.1 Å². The summed E-state index contributed by atoms with van der Waals surface area (Å²) >= 11 is 1.81. The van der Waals surface area contributed by atoms with Crippen molar-refractivity contribution in [2.75, 3.05) is 6.54 Å². The fourth-order valence-electron chi connectivity index (χ4n) is 3.60. The zero-order valence-electron chi connectivity index (χ0n) is 17.6. The number of rotatable bonds is 7. The molecule has 0 saturated carbocycles. The molecule has 3 aromatic rings. The van der Waals surface area contributed by atoms with Crippen LogP contribution in [0.4, 0.5) is 0 Å². The summed E-state index contributed by atoms with van der Waals surface area (Å²) in [6.07, 6.45) is 0.757. The van der Waals surface area contributed by atoms with Crippen LogP contribution in [0.3, 0.4) is 0 Å². The Morgan fingerprint density at radius 3 is 2.67 bits per heavy atom. The minimum Gasteiger partial charge on any atom is -0.489 e. The Bertz CT molecular complexity index is 1150. The van der Waals surface area contributed by atoms with Gasteiger partial charge in [-0.3, -0.25) is 0 Å². The summed E-state index contributed by atoms with van der Waals surface area (Å²) in [6.45, 7) is 7.48. The lowest BCUT2D eigenvalue weighted by atomic mass is 9.94. The van der Waals surface area contributed by atoms with Crippen LogP contribution >= 0.6 is 11.3 Å². The van der Waals surface area contributed by atoms with Crippen LogP contribution in [0.15, 0.2) is 63.3 Å². The van der Waals surface area contributed by atoms with Gasteiger partial charge in [-0.25, -0.2) is 0 Å². The highest BCUT2D eigenvalue weighted by Crippen LogP contribution is 2.32. The van der Waals surface area contributed by atoms with E-state index >= 15 is 0 Å². The predicted molar refractivity (Wildman–Crippen MR) is 125 cm³/mol. The van der Waals surface area contributed by atoms with Crippen LogP contribution in [-0.4, -0.2) is 12.3 Å². The summed E-state index contributed by atoms with van der Waals surface area (Å²) in [4.78, 5) is 0. The van der Waals surface area contributed by atoms with Crippen molar-refractivity contribution in [3.05, 3.63) is 64.5 Å². The average molecular weight is 416 g/mol. The van der Waals surface area contributed by atoms with Crippen molar-refractivity contribution < 1.29 is 4.74 Å². The summed E-state index contributed by atoms with van der Waals surface area (Å²) in [6, 6.07) is 14.8. The lowest BCUT2D eigenvalue weighted by Gasteiger charge is -2.12. The Morgan fingerprint density at radius 1 is 1.13 bits per heavy atom. The highest BCUT2D eigenvalue weighted by Gasteiger charge is 2.15. The van der Waals surface area contributed by atoms with E-state index in [9.17, 15) is 0 Å². The molecule has 0 amide bonds. The number of nitrogens with zero attached hydrogens (tertiary/aromatic N) is 3. The van der Waals surface area contributed by atoms with Crippen LogP contribution in [-0.2, 0) is 6.61 Å². The number of benzene rings is 2. The molecule has 1 aliphatic heterocycles. The Labute approximate surface area is 181 Å². The van der Waals surface area contributed by atoms with E-state index in [0.717, 1.165) is 23.4 Å². The molecule has 0 unspecified atom stereocenters. The van der Waals surface area contributed by atoms with Gasteiger partial charge < -0.3 is 4.74 Å². The van der Waals surface area contributed by atoms with Crippen LogP contribution < -0.4 is 4.74 Å². The maximum atomic E-state index is 6.06. The molecule has 5 heteroatoms. The predicted octanol–water partition coefficient (Wildman–Crippen LogP) is 6.92. The van der Waals surface area contributed by atoms with E-state index in [1.54, 1.807) is 0 Å². The highest BCUT2D eigenvalue weighted by atomic mass is 32.1. The molecular formula is C25H25N3OS. The van der Waals surface area contributed by atoms with Gasteiger partial charge in [0.2, 0.25) is 0 Å². The molecule has 0 aliphatic carbocycles. The quantitative estimate of drug-likeness (QED) is 0.386. The third-order valence-corrected chi connectivity index (χ3v) is 6.22. The first-order valence-corrected chi connectivity index (χ1v) is 11.1. The number of ether oxygens (including phenoxy) is 1. The molecule has 0 bridgehead atoms. The standard InChI is InChI=1S/C25H25N3OS/c1-4-5-20(13-21-14-26-28-27-21)19-7-9-22(10-8-19)29-15-18-6-11-25-23(12-18)24(16-30-25)17(2)3/h6-12,16-17,20H,13-15H2,1-3H3/t20-/m0/s1. The number of hydrogen-bond donors (Lipinski definition) is 0. The Kier molecular flexibility index (Phi) is 6.25. The van der Waals surface area contributed by atoms with Gasteiger partial charge in [0, 0.05) is 11.1 Å². The molecule has 1 aliphatic rings. The molecule has 4 nitrogen and oxygen atoms in total. The molecule has 152 valence electrons. The van der Waals surface area contributed by atoms with Crippen LogP contribution in [0.25, 0.3) is 10.1 Å². The normalized spacial score (nSPS) is 13.9. The number of thiophene rings is 1. The van der Waals surface area contributed by atoms with Gasteiger partial charge >= 0.3 is 0 Å². The Hall–Kier alpha value is -2.97.